The molecule has 0 aliphatic rings. The molecule has 0 saturated carbocycles. The summed E-state index contributed by atoms with van der Waals surface area (Å²) in [5.41, 5.74) is 4.27. The molecule has 30 heavy (non-hydrogen) atoms. The fourth-order valence-electron chi connectivity index (χ4n) is 3.46. The van der Waals surface area contributed by atoms with Gasteiger partial charge in [0.1, 0.15) is 11.4 Å². The minimum Gasteiger partial charge on any atom is -0.497 e. The lowest BCUT2D eigenvalue weighted by atomic mass is 10.0. The number of rotatable bonds is 2. The summed E-state index contributed by atoms with van der Waals surface area (Å²) in [5.74, 6) is 7.24. The number of carbonyl (C=O) groups is 1. The van der Waals surface area contributed by atoms with E-state index in [1.807, 2.05) is 78.9 Å². The molecule has 4 nitrogen and oxygen atoms in total. The molecule has 1 aromatic heterocycles. The Hall–Kier alpha value is -3.97. The summed E-state index contributed by atoms with van der Waals surface area (Å²) in [6, 6.07) is 25.4. The van der Waals surface area contributed by atoms with Gasteiger partial charge in [0.15, 0.2) is 0 Å². The van der Waals surface area contributed by atoms with Crippen LogP contribution in [0.4, 0.5) is 4.79 Å². The zero-order chi connectivity index (χ0) is 21.1. The summed E-state index contributed by atoms with van der Waals surface area (Å²) in [4.78, 5) is 14.7. The van der Waals surface area contributed by atoms with Crippen molar-refractivity contribution in [2.24, 2.45) is 0 Å². The van der Waals surface area contributed by atoms with E-state index in [-0.39, 0.29) is 6.03 Å². The quantitative estimate of drug-likeness (QED) is 0.436. The Balaban J connectivity index is 2.09. The van der Waals surface area contributed by atoms with E-state index < -0.39 is 0 Å². The predicted molar refractivity (Wildman–Crippen MR) is 121 cm³/mol. The Kier molecular flexibility index (Phi) is 5.28. The first-order valence-corrected chi connectivity index (χ1v) is 9.66. The van der Waals surface area contributed by atoms with Crippen molar-refractivity contribution in [2.75, 3.05) is 21.2 Å². The molecule has 0 fully saturated rings. The molecule has 0 saturated heterocycles. The van der Waals surface area contributed by atoms with Crippen molar-refractivity contribution in [3.8, 4) is 28.7 Å². The first-order chi connectivity index (χ1) is 14.6. The first kappa shape index (κ1) is 19.4. The van der Waals surface area contributed by atoms with Crippen molar-refractivity contribution in [3.05, 3.63) is 90.1 Å². The molecule has 4 rings (SSSR count). The Morgan fingerprint density at radius 3 is 2.20 bits per heavy atom. The van der Waals surface area contributed by atoms with E-state index in [0.717, 1.165) is 33.3 Å². The Morgan fingerprint density at radius 1 is 0.900 bits per heavy atom. The molecule has 0 aliphatic carbocycles. The third kappa shape index (κ3) is 3.54. The van der Waals surface area contributed by atoms with Gasteiger partial charge in [-0.2, -0.15) is 0 Å². The highest BCUT2D eigenvalue weighted by Crippen LogP contribution is 2.37. The molecule has 0 N–H and O–H groups in total. The number of methoxy groups -OCH3 is 1. The monoisotopic (exact) mass is 394 g/mol. The average molecular weight is 394 g/mol. The van der Waals surface area contributed by atoms with E-state index in [9.17, 15) is 4.79 Å². The van der Waals surface area contributed by atoms with Crippen molar-refractivity contribution in [1.82, 2.24) is 9.47 Å². The number of amides is 1. The number of fused-ring (bicyclic) bond motifs is 1. The van der Waals surface area contributed by atoms with Crippen molar-refractivity contribution in [2.45, 2.75) is 0 Å². The minimum absolute atomic E-state index is 0.148. The van der Waals surface area contributed by atoms with Gasteiger partial charge in [-0.15, -0.1) is 0 Å². The lowest BCUT2D eigenvalue weighted by molar-refractivity contribution is 0.220. The van der Waals surface area contributed by atoms with Crippen molar-refractivity contribution in [3.63, 3.8) is 0 Å². The van der Waals surface area contributed by atoms with Gasteiger partial charge in [0.2, 0.25) is 0 Å². The van der Waals surface area contributed by atoms with Gasteiger partial charge in [0, 0.05) is 30.6 Å². The summed E-state index contributed by atoms with van der Waals surface area (Å²) >= 11 is 0. The van der Waals surface area contributed by atoms with Gasteiger partial charge in [-0.05, 0) is 41.8 Å². The van der Waals surface area contributed by atoms with Crippen LogP contribution in [0.3, 0.4) is 0 Å². The van der Waals surface area contributed by atoms with E-state index in [2.05, 4.69) is 11.8 Å². The second kappa shape index (κ2) is 8.18. The second-order valence-electron chi connectivity index (χ2n) is 7.10. The van der Waals surface area contributed by atoms with Crippen LogP contribution in [0.15, 0.2) is 78.9 Å². The zero-order valence-corrected chi connectivity index (χ0v) is 17.2. The van der Waals surface area contributed by atoms with Crippen molar-refractivity contribution >= 4 is 16.9 Å². The van der Waals surface area contributed by atoms with Crippen LogP contribution in [0.2, 0.25) is 0 Å². The summed E-state index contributed by atoms with van der Waals surface area (Å²) in [7, 11) is 5.13. The molecule has 0 radical (unpaired) electrons. The van der Waals surface area contributed by atoms with Gasteiger partial charge in [-0.1, -0.05) is 54.5 Å². The Labute approximate surface area is 176 Å². The van der Waals surface area contributed by atoms with Gasteiger partial charge in [0.05, 0.1) is 12.6 Å². The SMILES string of the molecule is COc1ccc2c(c1)c(-c1ccccc1)c(C#Cc1ccccc1)n2C(=O)N(C)C. The van der Waals surface area contributed by atoms with Gasteiger partial charge in [0.25, 0.3) is 0 Å². The van der Waals surface area contributed by atoms with Crippen LogP contribution in [0.25, 0.3) is 22.0 Å². The van der Waals surface area contributed by atoms with Gasteiger partial charge in [-0.25, -0.2) is 4.79 Å². The summed E-state index contributed by atoms with van der Waals surface area (Å²) < 4.78 is 7.15. The van der Waals surface area contributed by atoms with Crippen LogP contribution < -0.4 is 4.74 Å². The third-order valence-corrected chi connectivity index (χ3v) is 4.91. The molecule has 1 heterocycles. The molecule has 0 bridgehead atoms. The van der Waals surface area contributed by atoms with Crippen molar-refractivity contribution < 1.29 is 9.53 Å². The molecule has 0 unspecified atom stereocenters. The predicted octanol–water partition coefficient (Wildman–Crippen LogP) is 5.25. The van der Waals surface area contributed by atoms with Crippen LogP contribution >= 0.6 is 0 Å². The van der Waals surface area contributed by atoms with Crippen LogP contribution in [0.1, 0.15) is 11.3 Å². The Bertz CT molecular complexity index is 1260. The fraction of sp³-hybridized carbons (Fsp3) is 0.115. The standard InChI is InChI=1S/C26H22N2O2/c1-27(2)26(29)28-23-17-15-21(30-3)18-22(23)25(20-12-8-5-9-13-20)24(28)16-14-19-10-6-4-7-11-19/h4-13,15,17-18H,1-3H3. The van der Waals surface area contributed by atoms with E-state index in [0.29, 0.717) is 5.69 Å². The average Bonchev–Trinajstić information content (AvgIpc) is 3.11. The summed E-state index contributed by atoms with van der Waals surface area (Å²) in [6.45, 7) is 0. The topological polar surface area (TPSA) is 34.5 Å². The Morgan fingerprint density at radius 2 is 1.57 bits per heavy atom. The fourth-order valence-corrected chi connectivity index (χ4v) is 3.46. The molecule has 148 valence electrons. The van der Waals surface area contributed by atoms with E-state index in [1.165, 1.54) is 0 Å². The number of carbonyl (C=O) groups excluding carboxylic acids is 1. The molecule has 4 heteroatoms. The summed E-state index contributed by atoms with van der Waals surface area (Å²) in [6.07, 6.45) is 0. The molecule has 1 amide bonds. The first-order valence-electron chi connectivity index (χ1n) is 9.66. The minimum atomic E-state index is -0.148. The smallest absolute Gasteiger partial charge is 0.329 e. The number of ether oxygens (including phenoxy) is 1. The third-order valence-electron chi connectivity index (χ3n) is 4.91. The molecule has 0 spiro atoms. The van der Waals surface area contributed by atoms with Crippen LogP contribution in [0, 0.1) is 11.8 Å². The normalized spacial score (nSPS) is 10.4. The maximum Gasteiger partial charge on any atom is 0.329 e. The highest BCUT2D eigenvalue weighted by atomic mass is 16.5. The molecule has 0 atom stereocenters. The molecule has 3 aromatic carbocycles. The molecular weight excluding hydrogens is 372 g/mol. The number of hydrogen-bond acceptors (Lipinski definition) is 2. The number of hydrogen-bond donors (Lipinski definition) is 0. The lowest BCUT2D eigenvalue weighted by Crippen LogP contribution is -2.28. The zero-order valence-electron chi connectivity index (χ0n) is 17.2. The molecule has 4 aromatic rings. The maximum atomic E-state index is 13.2. The van der Waals surface area contributed by atoms with Gasteiger partial charge in [-0.3, -0.25) is 4.57 Å². The van der Waals surface area contributed by atoms with Crippen LogP contribution in [-0.4, -0.2) is 36.7 Å². The van der Waals surface area contributed by atoms with Gasteiger partial charge >= 0.3 is 6.03 Å². The summed E-state index contributed by atoms with van der Waals surface area (Å²) in [5, 5.41) is 0.924. The largest absolute Gasteiger partial charge is 0.497 e. The van der Waals surface area contributed by atoms with E-state index in [1.54, 1.807) is 30.7 Å². The number of nitrogens with zero attached hydrogens (tertiary/aromatic N) is 2. The number of aromatic nitrogens is 1. The van der Waals surface area contributed by atoms with Crippen molar-refractivity contribution in [1.29, 1.82) is 0 Å². The van der Waals surface area contributed by atoms with E-state index >= 15 is 0 Å². The highest BCUT2D eigenvalue weighted by Gasteiger charge is 2.23. The highest BCUT2D eigenvalue weighted by molar-refractivity contribution is 6.05. The van der Waals surface area contributed by atoms with E-state index in [4.69, 9.17) is 4.74 Å². The van der Waals surface area contributed by atoms with Crippen LogP contribution in [0.5, 0.6) is 5.75 Å². The lowest BCUT2D eigenvalue weighted by Gasteiger charge is -2.13. The number of benzene rings is 3. The second-order valence-corrected chi connectivity index (χ2v) is 7.10. The van der Waals surface area contributed by atoms with Gasteiger partial charge < -0.3 is 9.64 Å². The maximum absolute atomic E-state index is 13.2. The molecular formula is C26H22N2O2. The van der Waals surface area contributed by atoms with Crippen LogP contribution in [-0.2, 0) is 0 Å². The molecule has 0 aliphatic heterocycles.